The van der Waals surface area contributed by atoms with Crippen LogP contribution in [0.2, 0.25) is 0 Å². The van der Waals surface area contributed by atoms with Crippen molar-refractivity contribution in [3.63, 3.8) is 0 Å². The van der Waals surface area contributed by atoms with Crippen molar-refractivity contribution in [3.05, 3.63) is 46.2 Å². The Kier molecular flexibility index (Phi) is 5.70. The number of amides is 1. The first-order valence-electron chi connectivity index (χ1n) is 11.3. The molecule has 4 atom stereocenters. The number of nitrogens with zero attached hydrogens (tertiary/aromatic N) is 3. The number of ketones is 1. The second-order valence-corrected chi connectivity index (χ2v) is 10.1. The Morgan fingerprint density at radius 3 is 2.73 bits per heavy atom. The molecular formula is C24H27N3O5S. The fraction of sp³-hybridized carbons (Fsp3) is 0.500. The minimum absolute atomic E-state index is 0.00137. The summed E-state index contributed by atoms with van der Waals surface area (Å²) in [6, 6.07) is 6.90. The van der Waals surface area contributed by atoms with E-state index in [1.807, 2.05) is 45.0 Å². The molecule has 2 aromatic rings. The first-order valence-corrected chi connectivity index (χ1v) is 12.1. The van der Waals surface area contributed by atoms with E-state index in [1.54, 1.807) is 12.0 Å². The van der Waals surface area contributed by atoms with Crippen LogP contribution in [-0.4, -0.2) is 47.3 Å². The van der Waals surface area contributed by atoms with Gasteiger partial charge in [0, 0.05) is 13.5 Å². The molecule has 0 radical (unpaired) electrons. The number of benzene rings is 1. The van der Waals surface area contributed by atoms with Gasteiger partial charge in [-0.2, -0.15) is 0 Å². The number of aromatic nitrogens is 2. The Balaban J connectivity index is 1.60. The van der Waals surface area contributed by atoms with Gasteiger partial charge in [0.15, 0.2) is 11.5 Å². The van der Waals surface area contributed by atoms with Gasteiger partial charge in [-0.15, -0.1) is 10.2 Å². The van der Waals surface area contributed by atoms with Crippen LogP contribution in [0, 0.1) is 12.8 Å². The molecule has 2 aliphatic heterocycles. The monoisotopic (exact) mass is 469 g/mol. The number of Topliss-reactive ketones (excluding diaryl/α,β-unsaturated/α-hetero) is 1. The molecule has 1 saturated carbocycles. The number of fused-ring (bicyclic) bond motifs is 1. The second-order valence-electron chi connectivity index (χ2n) is 8.96. The molecule has 0 saturated heterocycles. The van der Waals surface area contributed by atoms with Gasteiger partial charge in [0.05, 0.1) is 29.7 Å². The van der Waals surface area contributed by atoms with E-state index >= 15 is 0 Å². The molecule has 8 nitrogen and oxygen atoms in total. The maximum atomic E-state index is 13.8. The van der Waals surface area contributed by atoms with Crippen LogP contribution < -0.4 is 9.64 Å². The zero-order chi connectivity index (χ0) is 23.3. The molecule has 174 valence electrons. The highest BCUT2D eigenvalue weighted by Gasteiger charge is 2.54. The van der Waals surface area contributed by atoms with Crippen LogP contribution in [0.3, 0.4) is 0 Å². The summed E-state index contributed by atoms with van der Waals surface area (Å²) in [6.45, 7) is 5.75. The van der Waals surface area contributed by atoms with Gasteiger partial charge in [0.1, 0.15) is 16.9 Å². The lowest BCUT2D eigenvalue weighted by Crippen LogP contribution is -2.43. The maximum Gasteiger partial charge on any atom is 0.296 e. The lowest BCUT2D eigenvalue weighted by Gasteiger charge is -2.38. The van der Waals surface area contributed by atoms with Crippen molar-refractivity contribution < 1.29 is 23.8 Å². The van der Waals surface area contributed by atoms with Crippen molar-refractivity contribution in [2.45, 2.75) is 64.4 Å². The summed E-state index contributed by atoms with van der Waals surface area (Å²) in [6.07, 6.45) is 1.74. The van der Waals surface area contributed by atoms with E-state index in [0.717, 1.165) is 17.0 Å². The van der Waals surface area contributed by atoms with Crippen LogP contribution in [-0.2, 0) is 19.1 Å². The van der Waals surface area contributed by atoms with Crippen LogP contribution in [0.1, 0.15) is 49.7 Å². The highest BCUT2D eigenvalue weighted by Crippen LogP contribution is 2.49. The van der Waals surface area contributed by atoms with Gasteiger partial charge in [-0.05, 0) is 51.3 Å². The molecule has 9 heteroatoms. The van der Waals surface area contributed by atoms with Crippen molar-refractivity contribution in [1.29, 1.82) is 0 Å². The van der Waals surface area contributed by atoms with Gasteiger partial charge in [-0.3, -0.25) is 14.5 Å². The Morgan fingerprint density at radius 1 is 1.21 bits per heavy atom. The molecule has 1 aromatic heterocycles. The SMILES string of the molecule is COC1CCC2C(=O)C3=C(OC2C1)C(=O)N(c1nnc(C)s1)C3c1cccc(OC(C)C)c1. The normalized spacial score (nSPS) is 27.0. The predicted molar refractivity (Wildman–Crippen MR) is 122 cm³/mol. The van der Waals surface area contributed by atoms with Crippen molar-refractivity contribution in [2.24, 2.45) is 5.92 Å². The third kappa shape index (κ3) is 3.83. The molecule has 33 heavy (non-hydrogen) atoms. The molecule has 0 N–H and O–H groups in total. The van der Waals surface area contributed by atoms with Crippen molar-refractivity contribution in [3.8, 4) is 5.75 Å². The summed E-state index contributed by atoms with van der Waals surface area (Å²) >= 11 is 1.32. The highest BCUT2D eigenvalue weighted by molar-refractivity contribution is 7.15. The highest BCUT2D eigenvalue weighted by atomic mass is 32.1. The molecule has 0 spiro atoms. The largest absolute Gasteiger partial charge is 0.491 e. The quantitative estimate of drug-likeness (QED) is 0.658. The van der Waals surface area contributed by atoms with Crippen molar-refractivity contribution in [2.75, 3.05) is 12.0 Å². The Hall–Kier alpha value is -2.78. The number of carbonyl (C=O) groups is 2. The van der Waals surface area contributed by atoms with E-state index in [1.165, 1.54) is 11.3 Å². The molecule has 5 rings (SSSR count). The van der Waals surface area contributed by atoms with Crippen molar-refractivity contribution >= 4 is 28.2 Å². The smallest absolute Gasteiger partial charge is 0.296 e. The molecule has 1 amide bonds. The zero-order valence-electron chi connectivity index (χ0n) is 19.1. The molecule has 4 unspecified atom stereocenters. The summed E-state index contributed by atoms with van der Waals surface area (Å²) in [4.78, 5) is 29.0. The molecule has 1 aromatic carbocycles. The molecule has 1 aliphatic carbocycles. The second kappa shape index (κ2) is 8.53. The Morgan fingerprint density at radius 2 is 2.03 bits per heavy atom. The van der Waals surface area contributed by atoms with Gasteiger partial charge in [-0.25, -0.2) is 0 Å². The third-order valence-corrected chi connectivity index (χ3v) is 7.24. The number of methoxy groups -OCH3 is 1. The number of hydrogen-bond donors (Lipinski definition) is 0. The molecule has 3 heterocycles. The Labute approximate surface area is 196 Å². The maximum absolute atomic E-state index is 13.8. The number of carbonyl (C=O) groups excluding carboxylic acids is 2. The third-order valence-electron chi connectivity index (χ3n) is 6.40. The van der Waals surface area contributed by atoms with Crippen LogP contribution in [0.4, 0.5) is 5.13 Å². The summed E-state index contributed by atoms with van der Waals surface area (Å²) in [7, 11) is 1.67. The number of rotatable bonds is 5. The van der Waals surface area contributed by atoms with Crippen LogP contribution >= 0.6 is 11.3 Å². The van der Waals surface area contributed by atoms with E-state index in [9.17, 15) is 9.59 Å². The van der Waals surface area contributed by atoms with Crippen LogP contribution in [0.5, 0.6) is 5.75 Å². The molecule has 3 aliphatic rings. The van der Waals surface area contributed by atoms with E-state index in [4.69, 9.17) is 14.2 Å². The minimum Gasteiger partial charge on any atom is -0.491 e. The average Bonchev–Trinajstić information content (AvgIpc) is 3.34. The minimum atomic E-state index is -0.635. The van der Waals surface area contributed by atoms with Crippen LogP contribution in [0.25, 0.3) is 0 Å². The topological polar surface area (TPSA) is 90.9 Å². The van der Waals surface area contributed by atoms with Crippen LogP contribution in [0.15, 0.2) is 35.6 Å². The van der Waals surface area contributed by atoms with Crippen molar-refractivity contribution in [1.82, 2.24) is 10.2 Å². The Bertz CT molecular complexity index is 1130. The molecule has 1 fully saturated rings. The van der Waals surface area contributed by atoms with Gasteiger partial charge in [0.2, 0.25) is 5.13 Å². The van der Waals surface area contributed by atoms with Gasteiger partial charge < -0.3 is 14.2 Å². The summed E-state index contributed by atoms with van der Waals surface area (Å²) < 4.78 is 17.6. The number of anilines is 1. The average molecular weight is 470 g/mol. The summed E-state index contributed by atoms with van der Waals surface area (Å²) in [5, 5.41) is 9.51. The number of hydrogen-bond acceptors (Lipinski definition) is 8. The molecule has 0 bridgehead atoms. The first-order chi connectivity index (χ1) is 15.9. The number of ether oxygens (including phenoxy) is 3. The van der Waals surface area contributed by atoms with E-state index in [2.05, 4.69) is 10.2 Å². The lowest BCUT2D eigenvalue weighted by molar-refractivity contribution is -0.135. The summed E-state index contributed by atoms with van der Waals surface area (Å²) in [5.74, 6) is 0.156. The predicted octanol–water partition coefficient (Wildman–Crippen LogP) is 3.76. The van der Waals surface area contributed by atoms with Gasteiger partial charge >= 0.3 is 0 Å². The lowest BCUT2D eigenvalue weighted by atomic mass is 9.76. The van der Waals surface area contributed by atoms with Gasteiger partial charge in [0.25, 0.3) is 5.91 Å². The van der Waals surface area contributed by atoms with E-state index in [0.29, 0.717) is 29.3 Å². The van der Waals surface area contributed by atoms with E-state index in [-0.39, 0.29) is 41.7 Å². The zero-order valence-corrected chi connectivity index (χ0v) is 19.9. The first kappa shape index (κ1) is 22.0. The standard InChI is InChI=1S/C24H27N3O5S/c1-12(2)31-16-7-5-6-14(10-16)20-19-21(28)17-9-8-15(30-4)11-18(17)32-22(19)23(29)27(20)24-26-25-13(3)33-24/h5-7,10,12,15,17-18,20H,8-9,11H2,1-4H3. The molecular weight excluding hydrogens is 442 g/mol. The summed E-state index contributed by atoms with van der Waals surface area (Å²) in [5.41, 5.74) is 1.19. The fourth-order valence-corrected chi connectivity index (χ4v) is 5.68. The van der Waals surface area contributed by atoms with Gasteiger partial charge in [-0.1, -0.05) is 23.5 Å². The van der Waals surface area contributed by atoms with E-state index < -0.39 is 6.04 Å². The number of aryl methyl sites for hydroxylation is 1. The fourth-order valence-electron chi connectivity index (χ4n) is 4.97.